The smallest absolute Gasteiger partial charge is 0.165 e. The summed E-state index contributed by atoms with van der Waals surface area (Å²) in [7, 11) is 3.92. The van der Waals surface area contributed by atoms with Gasteiger partial charge in [-0.05, 0) is 12.0 Å². The molecule has 0 amide bonds. The number of aromatic nitrogens is 2. The second-order valence-electron chi connectivity index (χ2n) is 4.57. The molecule has 0 bridgehead atoms. The van der Waals surface area contributed by atoms with Crippen LogP contribution in [0, 0.1) is 0 Å². The van der Waals surface area contributed by atoms with E-state index >= 15 is 0 Å². The fraction of sp³-hybridized carbons (Fsp3) is 0.417. The number of rotatable bonds is 1. The van der Waals surface area contributed by atoms with Gasteiger partial charge in [0, 0.05) is 44.2 Å². The van der Waals surface area contributed by atoms with Crippen LogP contribution in [0.4, 0.5) is 0 Å². The van der Waals surface area contributed by atoms with E-state index in [4.69, 9.17) is 0 Å². The van der Waals surface area contributed by atoms with Gasteiger partial charge in [0.25, 0.3) is 0 Å². The second kappa shape index (κ2) is 3.63. The van der Waals surface area contributed by atoms with Gasteiger partial charge in [0.1, 0.15) is 0 Å². The first-order valence-electron chi connectivity index (χ1n) is 5.74. The van der Waals surface area contributed by atoms with Crippen LogP contribution in [0.2, 0.25) is 0 Å². The van der Waals surface area contributed by atoms with Crippen LogP contribution in [-0.2, 0) is 7.05 Å². The third-order valence-electron chi connectivity index (χ3n) is 3.40. The monoisotopic (exact) mass is 232 g/mol. The molecule has 1 aromatic heterocycles. The minimum absolute atomic E-state index is 0.585. The Morgan fingerprint density at radius 3 is 3.00 bits per heavy atom. The lowest BCUT2D eigenvalue weighted by Crippen LogP contribution is -2.35. The van der Waals surface area contributed by atoms with Crippen molar-refractivity contribution in [2.45, 2.75) is 12.6 Å². The van der Waals surface area contributed by atoms with E-state index < -0.39 is 6.23 Å². The van der Waals surface area contributed by atoms with E-state index in [1.54, 1.807) is 4.68 Å². The molecule has 0 aromatic carbocycles. The molecular weight excluding hydrogens is 216 g/mol. The molecular formula is C12H16N4O. The van der Waals surface area contributed by atoms with Crippen LogP contribution in [0.15, 0.2) is 29.9 Å². The topological polar surface area (TPSA) is 53.3 Å². The summed E-state index contributed by atoms with van der Waals surface area (Å²) in [6, 6.07) is 0. The summed E-state index contributed by atoms with van der Waals surface area (Å²) < 4.78 is 1.79. The number of hydrogen-bond donors (Lipinski definition) is 2. The third kappa shape index (κ3) is 1.54. The summed E-state index contributed by atoms with van der Waals surface area (Å²) in [5.74, 6) is 0. The van der Waals surface area contributed by atoms with Crippen molar-refractivity contribution in [3.05, 3.63) is 35.4 Å². The lowest BCUT2D eigenvalue weighted by atomic mass is 9.96. The number of nitrogens with one attached hydrogen (secondary N) is 1. The van der Waals surface area contributed by atoms with Crippen molar-refractivity contribution in [2.75, 3.05) is 13.6 Å². The predicted molar refractivity (Wildman–Crippen MR) is 64.6 cm³/mol. The maximum atomic E-state index is 9.94. The number of allylic oxidation sites excluding steroid dienone is 1. The summed E-state index contributed by atoms with van der Waals surface area (Å²) in [4.78, 5) is 2.11. The van der Waals surface area contributed by atoms with Gasteiger partial charge in [-0.2, -0.15) is 5.10 Å². The third-order valence-corrected chi connectivity index (χ3v) is 3.40. The van der Waals surface area contributed by atoms with Gasteiger partial charge < -0.3 is 15.3 Å². The fourth-order valence-electron chi connectivity index (χ4n) is 2.55. The average Bonchev–Trinajstić information content (AvgIpc) is 2.87. The molecule has 17 heavy (non-hydrogen) atoms. The highest BCUT2D eigenvalue weighted by atomic mass is 16.3. The number of aliphatic hydroxyl groups excluding tert-OH is 1. The van der Waals surface area contributed by atoms with E-state index in [-0.39, 0.29) is 0 Å². The molecule has 3 heterocycles. The van der Waals surface area contributed by atoms with Gasteiger partial charge in [0.2, 0.25) is 0 Å². The van der Waals surface area contributed by atoms with Gasteiger partial charge >= 0.3 is 0 Å². The highest BCUT2D eigenvalue weighted by Crippen LogP contribution is 2.36. The maximum Gasteiger partial charge on any atom is 0.165 e. The van der Waals surface area contributed by atoms with Gasteiger partial charge in [-0.3, -0.25) is 4.68 Å². The SMILES string of the molecule is CN1CCC2=C1C(O)NC=C2c1cnn(C)c1. The van der Waals surface area contributed by atoms with Crippen LogP contribution in [-0.4, -0.2) is 39.6 Å². The standard InChI is InChI=1S/C12H16N4O/c1-15-4-3-9-10(6-13-12(17)11(9)15)8-5-14-16(2)7-8/h5-7,12-13,17H,3-4H2,1-2H3. The number of aliphatic hydroxyl groups is 1. The largest absolute Gasteiger partial charge is 0.374 e. The zero-order valence-corrected chi connectivity index (χ0v) is 10.0. The van der Waals surface area contributed by atoms with Crippen molar-refractivity contribution in [2.24, 2.45) is 7.05 Å². The molecule has 0 radical (unpaired) electrons. The van der Waals surface area contributed by atoms with E-state index in [0.29, 0.717) is 0 Å². The molecule has 2 N–H and O–H groups in total. The minimum Gasteiger partial charge on any atom is -0.374 e. The Labute approximate surface area is 100 Å². The van der Waals surface area contributed by atoms with Gasteiger partial charge in [-0.15, -0.1) is 0 Å². The van der Waals surface area contributed by atoms with Crippen LogP contribution in [0.5, 0.6) is 0 Å². The molecule has 5 heteroatoms. The number of dihydropyridines is 1. The van der Waals surface area contributed by atoms with Crippen LogP contribution in [0.3, 0.4) is 0 Å². The second-order valence-corrected chi connectivity index (χ2v) is 4.57. The number of likely N-dealkylation sites (N-methyl/N-ethyl adjacent to an activating group) is 1. The Hall–Kier alpha value is -1.75. The van der Waals surface area contributed by atoms with E-state index in [1.165, 1.54) is 5.57 Å². The summed E-state index contributed by atoms with van der Waals surface area (Å²) in [6.07, 6.45) is 6.13. The molecule has 2 aliphatic rings. The van der Waals surface area contributed by atoms with E-state index in [1.807, 2.05) is 32.7 Å². The van der Waals surface area contributed by atoms with Crippen LogP contribution in [0.25, 0.3) is 5.57 Å². The minimum atomic E-state index is -0.585. The van der Waals surface area contributed by atoms with Gasteiger partial charge in [-0.25, -0.2) is 0 Å². The molecule has 2 aliphatic heterocycles. The summed E-state index contributed by atoms with van der Waals surface area (Å²) in [6.45, 7) is 0.959. The molecule has 5 nitrogen and oxygen atoms in total. The molecule has 0 aliphatic carbocycles. The average molecular weight is 232 g/mol. The zero-order chi connectivity index (χ0) is 12.0. The van der Waals surface area contributed by atoms with Crippen molar-refractivity contribution in [1.29, 1.82) is 0 Å². The number of nitrogens with zero attached hydrogens (tertiary/aromatic N) is 3. The quantitative estimate of drug-likeness (QED) is 0.730. The fourth-order valence-corrected chi connectivity index (χ4v) is 2.55. The van der Waals surface area contributed by atoms with E-state index in [9.17, 15) is 5.11 Å². The Bertz CT molecular complexity index is 514. The zero-order valence-electron chi connectivity index (χ0n) is 10.0. The maximum absolute atomic E-state index is 9.94. The van der Waals surface area contributed by atoms with Gasteiger partial charge in [0.05, 0.1) is 11.9 Å². The molecule has 0 saturated heterocycles. The molecule has 3 rings (SSSR count). The molecule has 1 unspecified atom stereocenters. The van der Waals surface area contributed by atoms with Gasteiger partial charge in [-0.1, -0.05) is 0 Å². The van der Waals surface area contributed by atoms with Crippen molar-refractivity contribution >= 4 is 5.57 Å². The first kappa shape index (κ1) is 10.4. The Morgan fingerprint density at radius 2 is 2.29 bits per heavy atom. The number of hydrogen-bond acceptors (Lipinski definition) is 4. The Balaban J connectivity index is 2.05. The highest BCUT2D eigenvalue weighted by molar-refractivity contribution is 5.80. The summed E-state index contributed by atoms with van der Waals surface area (Å²) in [5.41, 5.74) is 4.45. The molecule has 0 fully saturated rings. The normalized spacial score (nSPS) is 23.6. The van der Waals surface area contributed by atoms with E-state index in [2.05, 4.69) is 15.3 Å². The van der Waals surface area contributed by atoms with E-state index in [0.717, 1.165) is 29.8 Å². The summed E-state index contributed by atoms with van der Waals surface area (Å²) >= 11 is 0. The first-order valence-corrected chi connectivity index (χ1v) is 5.74. The Morgan fingerprint density at radius 1 is 1.47 bits per heavy atom. The lowest BCUT2D eigenvalue weighted by Gasteiger charge is -2.26. The lowest BCUT2D eigenvalue weighted by molar-refractivity contribution is 0.158. The Kier molecular flexibility index (Phi) is 2.22. The molecule has 90 valence electrons. The molecule has 0 saturated carbocycles. The van der Waals surface area contributed by atoms with Crippen molar-refractivity contribution < 1.29 is 5.11 Å². The van der Waals surface area contributed by atoms with Crippen molar-refractivity contribution in [3.63, 3.8) is 0 Å². The van der Waals surface area contributed by atoms with Crippen LogP contribution < -0.4 is 5.32 Å². The molecule has 1 atom stereocenters. The number of aryl methyl sites for hydroxylation is 1. The first-order chi connectivity index (χ1) is 8.16. The van der Waals surface area contributed by atoms with Gasteiger partial charge in [0.15, 0.2) is 6.23 Å². The van der Waals surface area contributed by atoms with Crippen LogP contribution in [0.1, 0.15) is 12.0 Å². The molecule has 0 spiro atoms. The van der Waals surface area contributed by atoms with Crippen molar-refractivity contribution in [3.8, 4) is 0 Å². The highest BCUT2D eigenvalue weighted by Gasteiger charge is 2.30. The summed E-state index contributed by atoms with van der Waals surface area (Å²) in [5, 5.41) is 17.1. The van der Waals surface area contributed by atoms with Crippen molar-refractivity contribution in [1.82, 2.24) is 20.0 Å². The molecule has 1 aromatic rings. The van der Waals surface area contributed by atoms with Crippen LogP contribution >= 0.6 is 0 Å². The predicted octanol–water partition coefficient (Wildman–Crippen LogP) is 0.272.